The lowest BCUT2D eigenvalue weighted by molar-refractivity contribution is 0.137. The SMILES string of the molecule is CCCCCC1CC1.CCCCCCCC1CO1.CCOCC1CC1. The number of hydrogen-bond donors (Lipinski definition) is 0. The van der Waals surface area contributed by atoms with Crippen molar-refractivity contribution in [1.82, 2.24) is 0 Å². The van der Waals surface area contributed by atoms with Crippen LogP contribution in [0.4, 0.5) is 0 Å². The van der Waals surface area contributed by atoms with Crippen molar-refractivity contribution in [2.75, 3.05) is 19.8 Å². The third kappa shape index (κ3) is 18.5. The van der Waals surface area contributed by atoms with Crippen LogP contribution in [-0.4, -0.2) is 25.9 Å². The molecule has 2 saturated carbocycles. The molecule has 1 atom stereocenters. The van der Waals surface area contributed by atoms with Crippen LogP contribution < -0.4 is 0 Å². The number of hydrogen-bond acceptors (Lipinski definition) is 2. The van der Waals surface area contributed by atoms with Gasteiger partial charge in [-0.15, -0.1) is 0 Å². The third-order valence-corrected chi connectivity index (χ3v) is 5.20. The first-order chi connectivity index (χ1) is 12.3. The molecule has 3 aliphatic rings. The fourth-order valence-electron chi connectivity index (χ4n) is 2.87. The molecule has 0 N–H and O–H groups in total. The zero-order valence-electron chi connectivity index (χ0n) is 17.6. The van der Waals surface area contributed by atoms with Crippen molar-refractivity contribution in [3.8, 4) is 0 Å². The molecule has 1 heterocycles. The molecule has 0 aromatic heterocycles. The van der Waals surface area contributed by atoms with Crippen molar-refractivity contribution in [3.63, 3.8) is 0 Å². The van der Waals surface area contributed by atoms with Gasteiger partial charge in [0, 0.05) is 13.2 Å². The topological polar surface area (TPSA) is 21.8 Å². The summed E-state index contributed by atoms with van der Waals surface area (Å²) >= 11 is 0. The maximum absolute atomic E-state index is 5.16. The minimum Gasteiger partial charge on any atom is -0.381 e. The first-order valence-corrected chi connectivity index (χ1v) is 11.5. The molecule has 0 spiro atoms. The first-order valence-electron chi connectivity index (χ1n) is 11.5. The van der Waals surface area contributed by atoms with E-state index < -0.39 is 0 Å². The Kier molecular flexibility index (Phi) is 14.8. The Morgan fingerprint density at radius 3 is 1.80 bits per heavy atom. The zero-order valence-corrected chi connectivity index (χ0v) is 17.6. The van der Waals surface area contributed by atoms with Crippen LogP contribution in [0.25, 0.3) is 0 Å². The molecule has 0 radical (unpaired) electrons. The number of unbranched alkanes of at least 4 members (excludes halogenated alkanes) is 6. The van der Waals surface area contributed by atoms with E-state index in [1.54, 1.807) is 0 Å². The average molecular weight is 355 g/mol. The van der Waals surface area contributed by atoms with Gasteiger partial charge in [-0.05, 0) is 38.0 Å². The molecule has 2 heteroatoms. The summed E-state index contributed by atoms with van der Waals surface area (Å²) in [6.45, 7) is 9.50. The van der Waals surface area contributed by atoms with Gasteiger partial charge in [0.25, 0.3) is 0 Å². The molecule has 0 bridgehead atoms. The van der Waals surface area contributed by atoms with Gasteiger partial charge in [0.2, 0.25) is 0 Å². The largest absolute Gasteiger partial charge is 0.381 e. The Morgan fingerprint density at radius 1 is 0.720 bits per heavy atom. The molecule has 1 aliphatic heterocycles. The first kappa shape index (κ1) is 23.0. The van der Waals surface area contributed by atoms with Crippen LogP contribution in [0.2, 0.25) is 0 Å². The second-order valence-electron chi connectivity index (χ2n) is 8.20. The van der Waals surface area contributed by atoms with E-state index in [-0.39, 0.29) is 0 Å². The normalized spacial score (nSPS) is 21.0. The van der Waals surface area contributed by atoms with Gasteiger partial charge in [0.15, 0.2) is 0 Å². The van der Waals surface area contributed by atoms with Gasteiger partial charge >= 0.3 is 0 Å². The zero-order chi connectivity index (χ0) is 18.2. The molecule has 1 unspecified atom stereocenters. The average Bonchev–Trinajstić information content (AvgIpc) is 3.49. The highest BCUT2D eigenvalue weighted by molar-refractivity contribution is 4.72. The van der Waals surface area contributed by atoms with Gasteiger partial charge in [-0.1, -0.05) is 84.5 Å². The molecule has 3 fully saturated rings. The monoisotopic (exact) mass is 354 g/mol. The summed E-state index contributed by atoms with van der Waals surface area (Å²) in [5.41, 5.74) is 0. The van der Waals surface area contributed by atoms with E-state index >= 15 is 0 Å². The summed E-state index contributed by atoms with van der Waals surface area (Å²) < 4.78 is 10.3. The van der Waals surface area contributed by atoms with E-state index in [9.17, 15) is 0 Å². The summed E-state index contributed by atoms with van der Waals surface area (Å²) in [5, 5.41) is 0. The Labute approximate surface area is 158 Å². The van der Waals surface area contributed by atoms with Gasteiger partial charge < -0.3 is 9.47 Å². The highest BCUT2D eigenvalue weighted by Gasteiger charge is 2.21. The minimum absolute atomic E-state index is 0.654. The Hall–Kier alpha value is -0.0800. The second kappa shape index (κ2) is 16.1. The van der Waals surface area contributed by atoms with Gasteiger partial charge in [-0.25, -0.2) is 0 Å². The van der Waals surface area contributed by atoms with Crippen molar-refractivity contribution >= 4 is 0 Å². The van der Waals surface area contributed by atoms with Crippen LogP contribution in [0.15, 0.2) is 0 Å². The molecule has 150 valence electrons. The predicted molar refractivity (Wildman–Crippen MR) is 109 cm³/mol. The van der Waals surface area contributed by atoms with Crippen molar-refractivity contribution in [3.05, 3.63) is 0 Å². The smallest absolute Gasteiger partial charge is 0.0810 e. The molecule has 25 heavy (non-hydrogen) atoms. The van der Waals surface area contributed by atoms with Gasteiger partial charge in [0.05, 0.1) is 12.7 Å². The Morgan fingerprint density at radius 2 is 1.28 bits per heavy atom. The summed E-state index contributed by atoms with van der Waals surface area (Å²) in [7, 11) is 0. The van der Waals surface area contributed by atoms with Crippen LogP contribution in [0.3, 0.4) is 0 Å². The molecule has 2 nitrogen and oxygen atoms in total. The number of rotatable bonds is 13. The lowest BCUT2D eigenvalue weighted by Crippen LogP contribution is -1.93. The lowest BCUT2D eigenvalue weighted by atomic mass is 10.1. The number of ether oxygens (including phenoxy) is 2. The molecule has 0 aromatic rings. The molecule has 3 rings (SSSR count). The molecule has 2 aliphatic carbocycles. The van der Waals surface area contributed by atoms with Gasteiger partial charge in [-0.3, -0.25) is 0 Å². The van der Waals surface area contributed by atoms with E-state index in [0.29, 0.717) is 6.10 Å². The van der Waals surface area contributed by atoms with Crippen LogP contribution in [0, 0.1) is 11.8 Å². The minimum atomic E-state index is 0.654. The van der Waals surface area contributed by atoms with Crippen LogP contribution in [0.1, 0.15) is 111 Å². The maximum Gasteiger partial charge on any atom is 0.0810 e. The van der Waals surface area contributed by atoms with E-state index in [0.717, 1.165) is 31.7 Å². The summed E-state index contributed by atoms with van der Waals surface area (Å²) in [6.07, 6.45) is 20.6. The van der Waals surface area contributed by atoms with E-state index in [4.69, 9.17) is 9.47 Å². The van der Waals surface area contributed by atoms with Gasteiger partial charge in [-0.2, -0.15) is 0 Å². The highest BCUT2D eigenvalue weighted by atomic mass is 16.6. The summed E-state index contributed by atoms with van der Waals surface area (Å²) in [4.78, 5) is 0. The Balaban J connectivity index is 0.000000191. The van der Waals surface area contributed by atoms with E-state index in [1.165, 1.54) is 89.9 Å². The van der Waals surface area contributed by atoms with Crippen molar-refractivity contribution in [2.45, 2.75) is 117 Å². The van der Waals surface area contributed by atoms with E-state index in [2.05, 4.69) is 13.8 Å². The molecule has 0 aromatic carbocycles. The van der Waals surface area contributed by atoms with Crippen LogP contribution >= 0.6 is 0 Å². The maximum atomic E-state index is 5.16. The van der Waals surface area contributed by atoms with Crippen molar-refractivity contribution in [2.24, 2.45) is 11.8 Å². The third-order valence-electron chi connectivity index (χ3n) is 5.20. The molecule has 0 amide bonds. The predicted octanol–water partition coefficient (Wildman–Crippen LogP) is 7.16. The molecular weight excluding hydrogens is 308 g/mol. The molecular formula is C23H46O2. The van der Waals surface area contributed by atoms with Crippen LogP contribution in [0.5, 0.6) is 0 Å². The standard InChI is InChI=1S/C9H18O.C8H16.C6H12O/c1-2-3-4-5-6-7-9-8-10-9;1-2-3-4-5-8-6-7-8;1-2-7-5-6-3-4-6/h9H,2-8H2,1H3;8H,2-7H2,1H3;6H,2-5H2,1H3. The fourth-order valence-corrected chi connectivity index (χ4v) is 2.87. The van der Waals surface area contributed by atoms with Crippen molar-refractivity contribution in [1.29, 1.82) is 0 Å². The van der Waals surface area contributed by atoms with Gasteiger partial charge in [0.1, 0.15) is 0 Å². The lowest BCUT2D eigenvalue weighted by Gasteiger charge is -1.96. The van der Waals surface area contributed by atoms with E-state index in [1.807, 2.05) is 6.92 Å². The van der Waals surface area contributed by atoms with Crippen LogP contribution in [-0.2, 0) is 9.47 Å². The summed E-state index contributed by atoms with van der Waals surface area (Å²) in [5.74, 6) is 2.08. The molecule has 1 saturated heterocycles. The van der Waals surface area contributed by atoms with Crippen molar-refractivity contribution < 1.29 is 9.47 Å². The fraction of sp³-hybridized carbons (Fsp3) is 1.00. The highest BCUT2D eigenvalue weighted by Crippen LogP contribution is 2.33. The Bertz CT molecular complexity index is 267. The second-order valence-corrected chi connectivity index (χ2v) is 8.20. The summed E-state index contributed by atoms with van der Waals surface area (Å²) in [6, 6.07) is 0. The number of epoxide rings is 1. The quantitative estimate of drug-likeness (QED) is 0.258.